The molecule has 0 aromatic heterocycles. The van der Waals surface area contributed by atoms with Crippen molar-refractivity contribution in [2.45, 2.75) is 20.8 Å². The van der Waals surface area contributed by atoms with Crippen molar-refractivity contribution in [1.82, 2.24) is 0 Å². The molecular weight excluding hydrogens is 266 g/mol. The van der Waals surface area contributed by atoms with Gasteiger partial charge >= 0.3 is 5.97 Å². The van der Waals surface area contributed by atoms with Crippen LogP contribution in [0.25, 0.3) is 0 Å². The number of anilines is 1. The smallest absolute Gasteiger partial charge is 0.317 e. The maximum absolute atomic E-state index is 12.0. The zero-order chi connectivity index (χ0) is 15.4. The van der Waals surface area contributed by atoms with Crippen LogP contribution in [0.2, 0.25) is 0 Å². The Morgan fingerprint density at radius 3 is 2.48 bits per heavy atom. The number of ketones is 1. The van der Waals surface area contributed by atoms with Crippen LogP contribution in [-0.4, -0.2) is 18.4 Å². The molecule has 2 rings (SSSR count). The number of carbonyl (C=O) groups is 2. The van der Waals surface area contributed by atoms with Crippen molar-refractivity contribution < 1.29 is 14.3 Å². The minimum Gasteiger partial charge on any atom is -0.465 e. The summed E-state index contributed by atoms with van der Waals surface area (Å²) in [5.74, 6) is -1.12. The molecule has 0 N–H and O–H groups in total. The van der Waals surface area contributed by atoms with Crippen LogP contribution in [0.3, 0.4) is 0 Å². The predicted molar refractivity (Wildman–Crippen MR) is 81.6 cm³/mol. The molecule has 0 bridgehead atoms. The van der Waals surface area contributed by atoms with Gasteiger partial charge in [-0.05, 0) is 39.0 Å². The Hall–Kier alpha value is -2.36. The fourth-order valence-corrected chi connectivity index (χ4v) is 2.51. The topological polar surface area (TPSA) is 46.6 Å². The number of Topliss-reactive ketones (excluding diaryl/α,β-unsaturated/α-hetero) is 1. The van der Waals surface area contributed by atoms with Gasteiger partial charge in [0.15, 0.2) is 5.78 Å². The molecular formula is C17H19NO3. The van der Waals surface area contributed by atoms with E-state index in [0.29, 0.717) is 12.2 Å². The average Bonchev–Trinajstić information content (AvgIpc) is 2.47. The Balaban J connectivity index is 2.41. The molecule has 1 aliphatic rings. The average molecular weight is 285 g/mol. The lowest BCUT2D eigenvalue weighted by Crippen LogP contribution is -2.30. The molecule has 0 radical (unpaired) electrons. The highest BCUT2D eigenvalue weighted by Gasteiger charge is 2.31. The fourth-order valence-electron chi connectivity index (χ4n) is 2.51. The first-order valence-electron chi connectivity index (χ1n) is 6.97. The van der Waals surface area contributed by atoms with Crippen LogP contribution in [0.4, 0.5) is 5.69 Å². The Kier molecular flexibility index (Phi) is 4.58. The van der Waals surface area contributed by atoms with E-state index < -0.39 is 5.92 Å². The molecule has 0 spiro atoms. The van der Waals surface area contributed by atoms with Crippen molar-refractivity contribution in [3.8, 4) is 0 Å². The lowest BCUT2D eigenvalue weighted by atomic mass is 9.91. The highest BCUT2D eigenvalue weighted by atomic mass is 16.5. The number of allylic oxidation sites excluding steroid dienone is 1. The van der Waals surface area contributed by atoms with Gasteiger partial charge in [-0.15, -0.1) is 0 Å². The third kappa shape index (κ3) is 3.05. The van der Waals surface area contributed by atoms with Gasteiger partial charge in [-0.1, -0.05) is 18.2 Å². The summed E-state index contributed by atoms with van der Waals surface area (Å²) in [6, 6.07) is 9.71. The van der Waals surface area contributed by atoms with Gasteiger partial charge < -0.3 is 9.64 Å². The number of rotatable bonds is 4. The molecule has 110 valence electrons. The van der Waals surface area contributed by atoms with Crippen LogP contribution >= 0.6 is 0 Å². The Morgan fingerprint density at radius 2 is 1.90 bits per heavy atom. The molecule has 4 nitrogen and oxygen atoms in total. The van der Waals surface area contributed by atoms with Gasteiger partial charge in [-0.2, -0.15) is 0 Å². The predicted octanol–water partition coefficient (Wildman–Crippen LogP) is 3.06. The molecule has 0 amide bonds. The van der Waals surface area contributed by atoms with Crippen molar-refractivity contribution >= 4 is 17.4 Å². The first-order valence-corrected chi connectivity index (χ1v) is 6.97. The maximum Gasteiger partial charge on any atom is 0.317 e. The number of benzene rings is 1. The van der Waals surface area contributed by atoms with Crippen molar-refractivity contribution in [3.63, 3.8) is 0 Å². The van der Waals surface area contributed by atoms with E-state index >= 15 is 0 Å². The summed E-state index contributed by atoms with van der Waals surface area (Å²) in [5, 5.41) is 0. The van der Waals surface area contributed by atoms with Crippen LogP contribution in [0, 0.1) is 5.92 Å². The van der Waals surface area contributed by atoms with Gasteiger partial charge in [0.2, 0.25) is 0 Å². The molecule has 1 aliphatic heterocycles. The number of hydrogen-bond acceptors (Lipinski definition) is 4. The first kappa shape index (κ1) is 15.0. The number of hydrogen-bond donors (Lipinski definition) is 0. The summed E-state index contributed by atoms with van der Waals surface area (Å²) >= 11 is 0. The zero-order valence-electron chi connectivity index (χ0n) is 12.5. The molecule has 1 heterocycles. The third-order valence-corrected chi connectivity index (χ3v) is 3.44. The second-order valence-electron chi connectivity index (χ2n) is 4.83. The van der Waals surface area contributed by atoms with Crippen molar-refractivity contribution in [2.75, 3.05) is 11.5 Å². The first-order chi connectivity index (χ1) is 10.1. The van der Waals surface area contributed by atoms with E-state index in [4.69, 9.17) is 4.74 Å². The highest BCUT2D eigenvalue weighted by Crippen LogP contribution is 2.31. The van der Waals surface area contributed by atoms with E-state index in [-0.39, 0.29) is 11.8 Å². The SMILES string of the molecule is CCOC(=O)C1C=CN(c2ccccc2)C(C)=C1C(C)=O. The summed E-state index contributed by atoms with van der Waals surface area (Å²) in [4.78, 5) is 25.9. The standard InChI is InChI=1S/C17H19NO3/c1-4-21-17(20)15-10-11-18(12(2)16(15)13(3)19)14-8-6-5-7-9-14/h5-11,15H,4H2,1-3H3. The summed E-state index contributed by atoms with van der Waals surface area (Å²) in [5.41, 5.74) is 2.20. The zero-order valence-corrected chi connectivity index (χ0v) is 12.5. The molecule has 1 unspecified atom stereocenters. The highest BCUT2D eigenvalue weighted by molar-refractivity contribution is 6.01. The van der Waals surface area contributed by atoms with E-state index in [9.17, 15) is 9.59 Å². The Morgan fingerprint density at radius 1 is 1.24 bits per heavy atom. The molecule has 4 heteroatoms. The summed E-state index contributed by atoms with van der Waals surface area (Å²) in [6.07, 6.45) is 3.54. The number of carbonyl (C=O) groups excluding carboxylic acids is 2. The largest absolute Gasteiger partial charge is 0.465 e. The van der Waals surface area contributed by atoms with E-state index in [2.05, 4.69) is 0 Å². The molecule has 0 saturated heterocycles. The number of ether oxygens (including phenoxy) is 1. The van der Waals surface area contributed by atoms with Gasteiger partial charge in [0, 0.05) is 23.2 Å². The molecule has 0 aliphatic carbocycles. The van der Waals surface area contributed by atoms with E-state index in [1.165, 1.54) is 6.92 Å². The molecule has 1 atom stereocenters. The van der Waals surface area contributed by atoms with Crippen LogP contribution in [-0.2, 0) is 14.3 Å². The minimum atomic E-state index is -0.623. The molecule has 0 fully saturated rings. The van der Waals surface area contributed by atoms with Crippen molar-refractivity contribution in [3.05, 3.63) is 53.9 Å². The van der Waals surface area contributed by atoms with E-state index in [1.54, 1.807) is 13.0 Å². The van der Waals surface area contributed by atoms with Crippen molar-refractivity contribution in [2.24, 2.45) is 5.92 Å². The Labute approximate surface area is 124 Å². The van der Waals surface area contributed by atoms with Gasteiger partial charge in [0.1, 0.15) is 5.92 Å². The summed E-state index contributed by atoms with van der Waals surface area (Å²) in [7, 11) is 0. The van der Waals surface area contributed by atoms with Crippen LogP contribution < -0.4 is 4.90 Å². The molecule has 1 aromatic rings. The number of esters is 1. The van der Waals surface area contributed by atoms with Crippen molar-refractivity contribution in [1.29, 1.82) is 0 Å². The van der Waals surface area contributed by atoms with Gasteiger partial charge in [0.05, 0.1) is 6.61 Å². The third-order valence-electron chi connectivity index (χ3n) is 3.44. The van der Waals surface area contributed by atoms with Gasteiger partial charge in [-0.25, -0.2) is 0 Å². The lowest BCUT2D eigenvalue weighted by molar-refractivity contribution is -0.145. The molecule has 1 aromatic carbocycles. The summed E-state index contributed by atoms with van der Waals surface area (Å²) < 4.78 is 5.06. The van der Waals surface area contributed by atoms with Crippen LogP contribution in [0.15, 0.2) is 53.9 Å². The van der Waals surface area contributed by atoms with Crippen LogP contribution in [0.1, 0.15) is 20.8 Å². The fraction of sp³-hybridized carbons (Fsp3) is 0.294. The maximum atomic E-state index is 12.0. The second-order valence-corrected chi connectivity index (χ2v) is 4.83. The number of para-hydroxylation sites is 1. The van der Waals surface area contributed by atoms with E-state index in [0.717, 1.165) is 11.4 Å². The Bertz CT molecular complexity index is 602. The lowest BCUT2D eigenvalue weighted by Gasteiger charge is -2.30. The normalized spacial score (nSPS) is 17.9. The number of nitrogens with zero attached hydrogens (tertiary/aromatic N) is 1. The monoisotopic (exact) mass is 285 g/mol. The summed E-state index contributed by atoms with van der Waals surface area (Å²) in [6.45, 7) is 5.38. The molecule has 0 saturated carbocycles. The van der Waals surface area contributed by atoms with Crippen LogP contribution in [0.5, 0.6) is 0 Å². The van der Waals surface area contributed by atoms with Gasteiger partial charge in [-0.3, -0.25) is 9.59 Å². The van der Waals surface area contributed by atoms with E-state index in [1.807, 2.05) is 48.4 Å². The molecule has 21 heavy (non-hydrogen) atoms. The quantitative estimate of drug-likeness (QED) is 0.798. The minimum absolute atomic E-state index is 0.115. The van der Waals surface area contributed by atoms with Gasteiger partial charge in [0.25, 0.3) is 0 Å². The second kappa shape index (κ2) is 6.39.